The summed E-state index contributed by atoms with van der Waals surface area (Å²) >= 11 is 0. The van der Waals surface area contributed by atoms with E-state index in [1.807, 2.05) is 12.2 Å². The number of rotatable bonds is 8. The number of anilines is 2. The Morgan fingerprint density at radius 3 is 1.37 bits per heavy atom. The van der Waals surface area contributed by atoms with Gasteiger partial charge in [-0.25, -0.2) is 0 Å². The van der Waals surface area contributed by atoms with Gasteiger partial charge in [-0.1, -0.05) is 120 Å². The van der Waals surface area contributed by atoms with Crippen molar-refractivity contribution in [3.63, 3.8) is 0 Å². The molecule has 2 aliphatic heterocycles. The van der Waals surface area contributed by atoms with Crippen LogP contribution in [0.5, 0.6) is 0 Å². The molecular formula is C36H34B2N2O. The fourth-order valence-electron chi connectivity index (χ4n) is 5.83. The maximum Gasteiger partial charge on any atom is 0.439 e. The van der Waals surface area contributed by atoms with Crippen LogP contribution in [0.2, 0.25) is 0 Å². The van der Waals surface area contributed by atoms with Crippen LogP contribution in [-0.2, 0) is 4.57 Å². The molecule has 6 rings (SSSR count). The first-order valence-corrected chi connectivity index (χ1v) is 14.2. The van der Waals surface area contributed by atoms with Crippen molar-refractivity contribution in [2.45, 2.75) is 13.8 Å². The Morgan fingerprint density at radius 2 is 0.976 bits per heavy atom. The lowest BCUT2D eigenvalue weighted by molar-refractivity contribution is 0.595. The van der Waals surface area contributed by atoms with Crippen LogP contribution in [0.3, 0.4) is 0 Å². The third-order valence-corrected chi connectivity index (χ3v) is 7.89. The molecule has 2 heterocycles. The summed E-state index contributed by atoms with van der Waals surface area (Å²) in [5, 5.41) is 0. The van der Waals surface area contributed by atoms with E-state index >= 15 is 0 Å². The van der Waals surface area contributed by atoms with Gasteiger partial charge in [0.25, 0.3) is 0 Å². The van der Waals surface area contributed by atoms with E-state index in [4.69, 9.17) is 4.57 Å². The first kappa shape index (κ1) is 26.7. The quantitative estimate of drug-likeness (QED) is 0.168. The third-order valence-electron chi connectivity index (χ3n) is 7.89. The molecule has 41 heavy (non-hydrogen) atoms. The van der Waals surface area contributed by atoms with Gasteiger partial charge in [-0.15, -0.1) is 13.2 Å². The first-order chi connectivity index (χ1) is 20.1. The molecular weight excluding hydrogens is 498 g/mol. The molecule has 0 amide bonds. The summed E-state index contributed by atoms with van der Waals surface area (Å²) in [7, 11) is -0.691. The summed E-state index contributed by atoms with van der Waals surface area (Å²) in [6, 6.07) is 34.6. The standard InChI is InChI=1S/C36H34B2N2O/c1-5-23-39-35-13-9-7-11-31(35)25-33(29-19-15-27(3)16-20-29)37(39)41-38-34(30-21-17-28(4)18-22-30)26-32-12-8-10-14-36(32)40(38)24-6-2/h5-22,25-26H,1-2,23-24H2,3-4H3. The number of fused-ring (bicyclic) bond motifs is 2. The van der Waals surface area contributed by atoms with Crippen LogP contribution < -0.4 is 9.62 Å². The molecule has 5 heteroatoms. The van der Waals surface area contributed by atoms with Gasteiger partial charge in [-0.05, 0) is 59.2 Å². The van der Waals surface area contributed by atoms with E-state index in [0.717, 1.165) is 33.4 Å². The van der Waals surface area contributed by atoms with Crippen molar-refractivity contribution in [1.29, 1.82) is 0 Å². The molecule has 0 saturated carbocycles. The SMILES string of the molecule is C=CCN1B(OB2C(c3ccc(C)cc3)=Cc3ccccc3N2CC=C)C(c2ccc(C)cc2)=Cc2ccccc21. The van der Waals surface area contributed by atoms with Gasteiger partial charge in [0.1, 0.15) is 0 Å². The monoisotopic (exact) mass is 532 g/mol. The van der Waals surface area contributed by atoms with Crippen molar-refractivity contribution >= 4 is 48.6 Å². The van der Waals surface area contributed by atoms with Crippen molar-refractivity contribution in [2.24, 2.45) is 0 Å². The van der Waals surface area contributed by atoms with E-state index in [-0.39, 0.29) is 14.1 Å². The minimum absolute atomic E-state index is 0.345. The second-order valence-corrected chi connectivity index (χ2v) is 10.8. The normalized spacial score (nSPS) is 14.2. The van der Waals surface area contributed by atoms with E-state index in [9.17, 15) is 0 Å². The minimum Gasteiger partial charge on any atom is -0.454 e. The number of nitrogens with zero attached hydrogens (tertiary/aromatic N) is 2. The maximum atomic E-state index is 7.39. The van der Waals surface area contributed by atoms with Crippen molar-refractivity contribution in [2.75, 3.05) is 22.7 Å². The van der Waals surface area contributed by atoms with Crippen LogP contribution >= 0.6 is 0 Å². The van der Waals surface area contributed by atoms with Gasteiger partial charge in [-0.2, -0.15) is 0 Å². The zero-order valence-corrected chi connectivity index (χ0v) is 23.8. The second kappa shape index (κ2) is 11.6. The average molecular weight is 532 g/mol. The second-order valence-electron chi connectivity index (χ2n) is 10.8. The fourth-order valence-corrected chi connectivity index (χ4v) is 5.83. The number of hydrogen-bond acceptors (Lipinski definition) is 3. The third kappa shape index (κ3) is 5.21. The molecule has 0 N–H and O–H groups in total. The minimum atomic E-state index is -0.345. The summed E-state index contributed by atoms with van der Waals surface area (Å²) in [4.78, 5) is 4.66. The Hall–Kier alpha value is -4.47. The molecule has 0 fully saturated rings. The molecule has 0 unspecified atom stereocenters. The molecule has 2 aliphatic rings. The molecule has 0 radical (unpaired) electrons. The van der Waals surface area contributed by atoms with Gasteiger partial charge in [0.2, 0.25) is 0 Å². The fraction of sp³-hybridized carbons (Fsp3) is 0.111. The molecule has 3 nitrogen and oxygen atoms in total. The summed E-state index contributed by atoms with van der Waals surface area (Å²) in [5.74, 6) is 0. The zero-order chi connectivity index (χ0) is 28.3. The predicted octanol–water partition coefficient (Wildman–Crippen LogP) is 8.17. The maximum absolute atomic E-state index is 7.39. The van der Waals surface area contributed by atoms with Crippen molar-refractivity contribution < 1.29 is 4.57 Å². The Labute approximate surface area is 245 Å². The van der Waals surface area contributed by atoms with Gasteiger partial charge >= 0.3 is 14.1 Å². The van der Waals surface area contributed by atoms with Crippen LogP contribution in [0.4, 0.5) is 11.4 Å². The molecule has 0 spiro atoms. The highest BCUT2D eigenvalue weighted by Gasteiger charge is 2.43. The van der Waals surface area contributed by atoms with E-state index in [2.05, 4.69) is 146 Å². The van der Waals surface area contributed by atoms with Gasteiger partial charge in [-0.3, -0.25) is 0 Å². The number of aryl methyl sites for hydroxylation is 2. The van der Waals surface area contributed by atoms with E-state index in [1.54, 1.807) is 0 Å². The molecule has 0 bridgehead atoms. The Morgan fingerprint density at radius 1 is 0.585 bits per heavy atom. The number of para-hydroxylation sites is 2. The molecule has 4 aromatic carbocycles. The predicted molar refractivity (Wildman–Crippen MR) is 179 cm³/mol. The van der Waals surface area contributed by atoms with Gasteiger partial charge in [0, 0.05) is 24.5 Å². The molecule has 0 saturated heterocycles. The van der Waals surface area contributed by atoms with E-state index < -0.39 is 0 Å². The first-order valence-electron chi connectivity index (χ1n) is 14.2. The van der Waals surface area contributed by atoms with Crippen LogP contribution in [0.15, 0.2) is 122 Å². The molecule has 0 atom stereocenters. The topological polar surface area (TPSA) is 15.7 Å². The smallest absolute Gasteiger partial charge is 0.439 e. The number of benzene rings is 4. The van der Waals surface area contributed by atoms with Gasteiger partial charge in [0.15, 0.2) is 0 Å². The lowest BCUT2D eigenvalue weighted by Gasteiger charge is -2.42. The molecule has 0 aromatic heterocycles. The van der Waals surface area contributed by atoms with Crippen LogP contribution in [-0.4, -0.2) is 27.2 Å². The lowest BCUT2D eigenvalue weighted by atomic mass is 9.56. The van der Waals surface area contributed by atoms with Gasteiger partial charge in [0.05, 0.1) is 0 Å². The highest BCUT2D eigenvalue weighted by atomic mass is 16.4. The number of hydrogen-bond donors (Lipinski definition) is 0. The van der Waals surface area contributed by atoms with Crippen molar-refractivity contribution in [1.82, 2.24) is 0 Å². The Kier molecular flexibility index (Phi) is 7.54. The van der Waals surface area contributed by atoms with E-state index in [1.165, 1.54) is 22.3 Å². The van der Waals surface area contributed by atoms with Gasteiger partial charge < -0.3 is 14.2 Å². The van der Waals surface area contributed by atoms with Crippen molar-refractivity contribution in [3.05, 3.63) is 156 Å². The summed E-state index contributed by atoms with van der Waals surface area (Å²) in [6.07, 6.45) is 8.49. The highest BCUT2D eigenvalue weighted by molar-refractivity contribution is 6.90. The largest absolute Gasteiger partial charge is 0.454 e. The summed E-state index contributed by atoms with van der Waals surface area (Å²) in [5.41, 5.74) is 11.7. The van der Waals surface area contributed by atoms with Crippen LogP contribution in [0, 0.1) is 13.8 Å². The van der Waals surface area contributed by atoms with Crippen LogP contribution in [0.25, 0.3) is 23.1 Å². The lowest BCUT2D eigenvalue weighted by Crippen LogP contribution is -2.55. The highest BCUT2D eigenvalue weighted by Crippen LogP contribution is 2.40. The van der Waals surface area contributed by atoms with Crippen molar-refractivity contribution in [3.8, 4) is 0 Å². The van der Waals surface area contributed by atoms with Crippen LogP contribution in [0.1, 0.15) is 33.4 Å². The van der Waals surface area contributed by atoms with E-state index in [0.29, 0.717) is 13.1 Å². The average Bonchev–Trinajstić information content (AvgIpc) is 3.00. The molecule has 0 aliphatic carbocycles. The Bertz CT molecular complexity index is 1520. The summed E-state index contributed by atoms with van der Waals surface area (Å²) < 4.78 is 7.39. The Balaban J connectivity index is 1.52. The molecule has 4 aromatic rings. The molecule has 200 valence electrons. The zero-order valence-electron chi connectivity index (χ0n) is 23.8. The summed E-state index contributed by atoms with van der Waals surface area (Å²) in [6.45, 7) is 13.8.